The highest BCUT2D eigenvalue weighted by atomic mass is 16.2. The molecule has 20 heteroatoms. The van der Waals surface area contributed by atoms with E-state index >= 15 is 0 Å². The minimum atomic E-state index is -0.485. The van der Waals surface area contributed by atoms with Crippen molar-refractivity contribution in [2.24, 2.45) is 39.7 Å². The molecule has 4 rings (SSSR count). The van der Waals surface area contributed by atoms with Crippen molar-refractivity contribution in [1.29, 1.82) is 10.8 Å². The zero-order valence-electron chi connectivity index (χ0n) is 30.3. The van der Waals surface area contributed by atoms with Gasteiger partial charge in [-0.3, -0.25) is 39.6 Å². The number of nitrogens with two attached hydrogens (primary N) is 2. The fraction of sp³-hybridized carbons (Fsp3) is 0.294. The van der Waals surface area contributed by atoms with Gasteiger partial charge in [0.15, 0.2) is 0 Å². The molecule has 0 atom stereocenters. The summed E-state index contributed by atoms with van der Waals surface area (Å²) in [6, 6.07) is 5.97. The Morgan fingerprint density at radius 3 is 1.06 bits per heavy atom. The van der Waals surface area contributed by atoms with E-state index in [1.807, 2.05) is 0 Å². The standard InChI is InChI=1S/C34H44N14O6/c1-45-17-21(13-23(45)31(51)39-9-7-27(35)36)43-33(53)25-11-19(15-47(25)3)41-29(49)5-6-30(50)42-20-12-26(48(4)16-20)34(54)44-22-14-24(46(2)18-22)32(52)40-10-8-28(37)38/h11-18H,5-10H2,1-4H3,(H3,35,36)(H3,37,38)(H,39,51)(H,40,52)(H,41,49)(H,42,50)(H,43,53)(H,44,54). The Morgan fingerprint density at radius 2 is 0.759 bits per heavy atom. The zero-order valence-corrected chi connectivity index (χ0v) is 30.3. The summed E-state index contributed by atoms with van der Waals surface area (Å²) in [4.78, 5) is 76.3. The van der Waals surface area contributed by atoms with Gasteiger partial charge in [0.2, 0.25) is 11.8 Å². The van der Waals surface area contributed by atoms with Gasteiger partial charge < -0.3 is 61.6 Å². The molecule has 4 heterocycles. The van der Waals surface area contributed by atoms with Crippen LogP contribution in [0.3, 0.4) is 0 Å². The maximum Gasteiger partial charge on any atom is 0.272 e. The lowest BCUT2D eigenvalue weighted by Gasteiger charge is -2.04. The van der Waals surface area contributed by atoms with E-state index in [1.54, 1.807) is 62.1 Å². The van der Waals surface area contributed by atoms with Crippen molar-refractivity contribution in [3.05, 3.63) is 71.8 Å². The van der Waals surface area contributed by atoms with E-state index in [-0.39, 0.29) is 73.6 Å². The third-order valence-electron chi connectivity index (χ3n) is 7.97. The normalized spacial score (nSPS) is 10.7. The number of amides is 6. The maximum atomic E-state index is 13.0. The van der Waals surface area contributed by atoms with E-state index in [1.165, 1.54) is 33.4 Å². The molecule has 54 heavy (non-hydrogen) atoms. The first-order valence-electron chi connectivity index (χ1n) is 16.6. The number of rotatable bonds is 17. The highest BCUT2D eigenvalue weighted by molar-refractivity contribution is 6.07. The molecular weight excluding hydrogens is 700 g/mol. The monoisotopic (exact) mass is 744 g/mol. The maximum absolute atomic E-state index is 13.0. The molecule has 0 bridgehead atoms. The summed E-state index contributed by atoms with van der Waals surface area (Å²) >= 11 is 0. The Balaban J connectivity index is 1.25. The van der Waals surface area contributed by atoms with Crippen LogP contribution in [0.25, 0.3) is 0 Å². The number of carbonyl (C=O) groups excluding carboxylic acids is 6. The van der Waals surface area contributed by atoms with Crippen molar-refractivity contribution in [1.82, 2.24) is 28.9 Å². The molecule has 0 aliphatic rings. The first kappa shape index (κ1) is 39.7. The summed E-state index contributed by atoms with van der Waals surface area (Å²) in [5, 5.41) is 30.7. The number of hydrogen-bond donors (Lipinski definition) is 10. The molecule has 0 radical (unpaired) electrons. The number of nitrogens with one attached hydrogen (secondary N) is 8. The van der Waals surface area contributed by atoms with E-state index in [9.17, 15) is 28.8 Å². The predicted octanol–water partition coefficient (Wildman–Crippen LogP) is 1.01. The highest BCUT2D eigenvalue weighted by Crippen LogP contribution is 2.20. The van der Waals surface area contributed by atoms with Crippen molar-refractivity contribution in [2.45, 2.75) is 25.7 Å². The van der Waals surface area contributed by atoms with Gasteiger partial charge >= 0.3 is 0 Å². The Labute approximate surface area is 309 Å². The van der Waals surface area contributed by atoms with Crippen molar-refractivity contribution in [2.75, 3.05) is 34.4 Å². The molecule has 0 aromatic carbocycles. The highest BCUT2D eigenvalue weighted by Gasteiger charge is 2.19. The number of nitrogens with zero attached hydrogens (tertiary/aromatic N) is 4. The molecule has 0 unspecified atom stereocenters. The van der Waals surface area contributed by atoms with Crippen LogP contribution >= 0.6 is 0 Å². The van der Waals surface area contributed by atoms with Crippen LogP contribution in [-0.2, 0) is 37.8 Å². The lowest BCUT2D eigenvalue weighted by atomic mass is 10.2. The third-order valence-corrected chi connectivity index (χ3v) is 7.97. The van der Waals surface area contributed by atoms with Crippen LogP contribution in [-0.4, -0.2) is 78.5 Å². The number of aryl methyl sites for hydroxylation is 4. The topological polar surface area (TPSA) is 294 Å². The molecule has 0 fully saturated rings. The molecule has 286 valence electrons. The average Bonchev–Trinajstić information content (AvgIpc) is 3.84. The van der Waals surface area contributed by atoms with Gasteiger partial charge in [0.25, 0.3) is 23.6 Å². The van der Waals surface area contributed by atoms with Gasteiger partial charge in [-0.05, 0) is 24.3 Å². The fourth-order valence-corrected chi connectivity index (χ4v) is 5.30. The van der Waals surface area contributed by atoms with Crippen molar-refractivity contribution >= 4 is 69.9 Å². The second-order valence-corrected chi connectivity index (χ2v) is 12.5. The van der Waals surface area contributed by atoms with Gasteiger partial charge in [0.1, 0.15) is 22.8 Å². The van der Waals surface area contributed by atoms with Crippen LogP contribution in [0.4, 0.5) is 22.7 Å². The van der Waals surface area contributed by atoms with Gasteiger partial charge in [-0.15, -0.1) is 0 Å². The second-order valence-electron chi connectivity index (χ2n) is 12.5. The van der Waals surface area contributed by atoms with Gasteiger partial charge in [0, 0.05) is 91.8 Å². The minimum Gasteiger partial charge on any atom is -0.388 e. The molecule has 0 aliphatic heterocycles. The Hall–Kier alpha value is -7.12. The Kier molecular flexibility index (Phi) is 12.8. The Bertz CT molecular complexity index is 1970. The molecule has 20 nitrogen and oxygen atoms in total. The average molecular weight is 745 g/mol. The Morgan fingerprint density at radius 1 is 0.481 bits per heavy atom. The molecule has 0 saturated carbocycles. The first-order chi connectivity index (χ1) is 25.5. The predicted molar refractivity (Wildman–Crippen MR) is 202 cm³/mol. The van der Waals surface area contributed by atoms with Crippen LogP contribution in [0.1, 0.15) is 67.6 Å². The quantitative estimate of drug-likeness (QED) is 0.0549. The van der Waals surface area contributed by atoms with Crippen LogP contribution in [0.15, 0.2) is 49.1 Å². The molecule has 4 aromatic heterocycles. The molecule has 6 amide bonds. The molecular formula is C34H44N14O6. The van der Waals surface area contributed by atoms with Crippen molar-refractivity contribution < 1.29 is 28.8 Å². The fourth-order valence-electron chi connectivity index (χ4n) is 5.30. The number of anilines is 4. The van der Waals surface area contributed by atoms with Crippen LogP contribution in [0.2, 0.25) is 0 Å². The molecule has 0 aliphatic carbocycles. The second kappa shape index (κ2) is 17.4. The summed E-state index contributed by atoms with van der Waals surface area (Å²) in [5.41, 5.74) is 13.1. The molecule has 12 N–H and O–H groups in total. The first-order valence-corrected chi connectivity index (χ1v) is 16.6. The number of hydrogen-bond acceptors (Lipinski definition) is 8. The minimum absolute atomic E-state index is 0.0455. The van der Waals surface area contributed by atoms with Crippen LogP contribution in [0, 0.1) is 10.8 Å². The van der Waals surface area contributed by atoms with E-state index in [0.717, 1.165) is 0 Å². The van der Waals surface area contributed by atoms with Crippen LogP contribution in [0.5, 0.6) is 0 Å². The zero-order chi connectivity index (χ0) is 39.7. The lowest BCUT2D eigenvalue weighted by molar-refractivity contribution is -0.121. The summed E-state index contributed by atoms with van der Waals surface area (Å²) in [6.45, 7) is 0.401. The summed E-state index contributed by atoms with van der Waals surface area (Å²) in [5.74, 6) is -2.77. The lowest BCUT2D eigenvalue weighted by Crippen LogP contribution is -2.28. The smallest absolute Gasteiger partial charge is 0.272 e. The number of carbonyl (C=O) groups is 6. The van der Waals surface area contributed by atoms with Gasteiger partial charge in [-0.1, -0.05) is 0 Å². The van der Waals surface area contributed by atoms with E-state index in [4.69, 9.17) is 22.3 Å². The van der Waals surface area contributed by atoms with Crippen LogP contribution < -0.4 is 43.4 Å². The summed E-state index contributed by atoms with van der Waals surface area (Å²) in [7, 11) is 6.55. The van der Waals surface area contributed by atoms with E-state index in [0.29, 0.717) is 34.1 Å². The summed E-state index contributed by atoms with van der Waals surface area (Å²) in [6.07, 6.45) is 6.34. The van der Waals surface area contributed by atoms with Gasteiger partial charge in [0.05, 0.1) is 34.4 Å². The SMILES string of the molecule is Cn1cc(NC(=O)c2cc(NC(=O)CCC(=O)Nc3cc(C(=O)Nc4cc(C(=O)NCCC(=N)N)n(C)c4)n(C)c3)cn2C)cc1C(=O)NCCC(=N)N. The van der Waals surface area contributed by atoms with Crippen molar-refractivity contribution in [3.63, 3.8) is 0 Å². The van der Waals surface area contributed by atoms with E-state index in [2.05, 4.69) is 31.9 Å². The van der Waals surface area contributed by atoms with Gasteiger partial charge in [-0.2, -0.15) is 0 Å². The summed E-state index contributed by atoms with van der Waals surface area (Å²) < 4.78 is 6.13. The number of amidine groups is 2. The van der Waals surface area contributed by atoms with Gasteiger partial charge in [-0.25, -0.2) is 0 Å². The number of aromatic nitrogens is 4. The molecule has 4 aromatic rings. The third kappa shape index (κ3) is 10.7. The molecule has 0 spiro atoms. The molecule has 0 saturated heterocycles. The van der Waals surface area contributed by atoms with Crippen molar-refractivity contribution in [3.8, 4) is 0 Å². The largest absolute Gasteiger partial charge is 0.388 e. The van der Waals surface area contributed by atoms with E-state index < -0.39 is 23.6 Å².